The molecule has 1 aliphatic carbocycles. The summed E-state index contributed by atoms with van der Waals surface area (Å²) in [4.78, 5) is 0. The summed E-state index contributed by atoms with van der Waals surface area (Å²) in [5.74, 6) is 0. The van der Waals surface area contributed by atoms with Crippen LogP contribution in [-0.2, 0) is 26.1 Å². The minimum atomic E-state index is -1.50. The molecule has 112 valence electrons. The molecule has 0 radical (unpaired) electrons. The predicted molar refractivity (Wildman–Crippen MR) is 91.3 cm³/mol. The Bertz CT molecular complexity index is 314. The van der Waals surface area contributed by atoms with Crippen molar-refractivity contribution in [2.24, 2.45) is 0 Å². The van der Waals surface area contributed by atoms with E-state index < -0.39 is 17.1 Å². The summed E-state index contributed by atoms with van der Waals surface area (Å²) in [6.45, 7) is 13.9. The zero-order valence-corrected chi connectivity index (χ0v) is 18.2. The second-order valence-corrected chi connectivity index (χ2v) is 13.5. The number of rotatable bonds is 5. The Kier molecular flexibility index (Phi) is 13.2. The zero-order chi connectivity index (χ0) is 12.4. The van der Waals surface area contributed by atoms with Gasteiger partial charge in [0.05, 0.1) is 8.80 Å². The molecule has 0 spiro atoms. The fourth-order valence-electron chi connectivity index (χ4n) is 2.40. The van der Waals surface area contributed by atoms with Crippen LogP contribution in [-0.4, -0.2) is 22.3 Å². The molecule has 0 aromatic carbocycles. The summed E-state index contributed by atoms with van der Waals surface area (Å²) < 4.78 is 6.57. The van der Waals surface area contributed by atoms with E-state index >= 15 is 0 Å². The molecule has 1 unspecified atom stereocenters. The average molecular weight is 374 g/mol. The Morgan fingerprint density at radius 3 is 2.11 bits per heavy atom. The van der Waals surface area contributed by atoms with Crippen LogP contribution in [0.4, 0.5) is 0 Å². The Hall–Kier alpha value is 1.17. The quantitative estimate of drug-likeness (QED) is 0.507. The van der Waals surface area contributed by atoms with Crippen molar-refractivity contribution in [1.29, 1.82) is 0 Å². The van der Waals surface area contributed by atoms with Crippen molar-refractivity contribution in [3.05, 3.63) is 23.8 Å². The van der Waals surface area contributed by atoms with Gasteiger partial charge in [-0.3, -0.25) is 6.08 Å². The molecule has 0 bridgehead atoms. The molecule has 0 aromatic heterocycles. The van der Waals surface area contributed by atoms with Crippen molar-refractivity contribution in [1.82, 2.24) is 0 Å². The van der Waals surface area contributed by atoms with Gasteiger partial charge in [0.15, 0.2) is 8.32 Å². The van der Waals surface area contributed by atoms with Crippen molar-refractivity contribution in [3.8, 4) is 0 Å². The number of hydrogen-bond acceptors (Lipinski definition) is 1. The monoisotopic (exact) mass is 373 g/mol. The van der Waals surface area contributed by atoms with Gasteiger partial charge in [0.25, 0.3) is 0 Å². The zero-order valence-electron chi connectivity index (χ0n) is 12.9. The van der Waals surface area contributed by atoms with Gasteiger partial charge in [-0.1, -0.05) is 20.0 Å². The van der Waals surface area contributed by atoms with Crippen LogP contribution in [0.25, 0.3) is 0 Å². The van der Waals surface area contributed by atoms with Crippen molar-refractivity contribution >= 4 is 41.9 Å². The fourth-order valence-corrected chi connectivity index (χ4v) is 7.38. The molecule has 19 heavy (non-hydrogen) atoms. The summed E-state index contributed by atoms with van der Waals surface area (Å²) in [5.41, 5.74) is 1.33. The van der Waals surface area contributed by atoms with Gasteiger partial charge in [-0.25, -0.2) is 6.08 Å². The minimum Gasteiger partial charge on any atom is -0.414 e. The maximum atomic E-state index is 6.57. The molecule has 0 aromatic rings. The fraction of sp³-hybridized carbons (Fsp3) is 0.692. The molecule has 0 fully saturated rings. The van der Waals surface area contributed by atoms with E-state index in [-0.39, 0.29) is 51.8 Å². The second kappa shape index (κ2) is 9.99. The summed E-state index contributed by atoms with van der Waals surface area (Å²) in [6, 6.07) is 0. The Morgan fingerprint density at radius 1 is 1.32 bits per heavy atom. The standard InChI is InChI=1S/C13H25OSi2.2ClH.Ti/c1-7-13(15(2)3,14-16(4,5)6)12-10-8-9-11-12;;;/h8,10,15H,7,9H2,1-6H3;2*1H;/q-1;;;. The number of hydrogen-bond donors (Lipinski definition) is 0. The van der Waals surface area contributed by atoms with Crippen molar-refractivity contribution < 1.29 is 26.1 Å². The van der Waals surface area contributed by atoms with E-state index in [1.807, 2.05) is 0 Å². The second-order valence-electron chi connectivity index (χ2n) is 5.81. The summed E-state index contributed by atoms with van der Waals surface area (Å²) >= 11 is 0. The molecule has 6 heteroatoms. The maximum Gasteiger partial charge on any atom is 0.184 e. The third kappa shape index (κ3) is 6.64. The van der Waals surface area contributed by atoms with E-state index in [9.17, 15) is 0 Å². The third-order valence-corrected chi connectivity index (χ3v) is 7.01. The first-order chi connectivity index (χ1) is 7.32. The van der Waals surface area contributed by atoms with Crippen LogP contribution in [0.5, 0.6) is 0 Å². The largest absolute Gasteiger partial charge is 0.414 e. The molecule has 1 rings (SSSR count). The van der Waals surface area contributed by atoms with E-state index in [2.05, 4.69) is 57.9 Å². The molecule has 1 aliphatic rings. The first-order valence-corrected chi connectivity index (χ1v) is 12.6. The van der Waals surface area contributed by atoms with Gasteiger partial charge >= 0.3 is 0 Å². The molecule has 0 N–H and O–H groups in total. The third-order valence-electron chi connectivity index (χ3n) is 3.10. The Balaban J connectivity index is -0.000000853. The maximum absolute atomic E-state index is 6.57. The molecule has 0 aliphatic heterocycles. The number of halogens is 2. The van der Waals surface area contributed by atoms with Crippen molar-refractivity contribution in [2.45, 2.75) is 57.7 Å². The molecule has 0 heterocycles. The van der Waals surface area contributed by atoms with Gasteiger partial charge < -0.3 is 4.43 Å². The Labute approximate surface area is 149 Å². The van der Waals surface area contributed by atoms with Crippen LogP contribution in [0.2, 0.25) is 32.7 Å². The normalized spacial score (nSPS) is 16.9. The average Bonchev–Trinajstić information content (AvgIpc) is 2.65. The first kappa shape index (κ1) is 25.1. The van der Waals surface area contributed by atoms with Crippen LogP contribution in [0, 0.1) is 6.08 Å². The van der Waals surface area contributed by atoms with Gasteiger partial charge in [-0.2, -0.15) is 11.6 Å². The van der Waals surface area contributed by atoms with Crippen molar-refractivity contribution in [3.63, 3.8) is 0 Å². The molecule has 0 saturated carbocycles. The van der Waals surface area contributed by atoms with Gasteiger partial charge in [-0.15, -0.1) is 31.2 Å². The molecule has 1 nitrogen and oxygen atoms in total. The molecule has 0 amide bonds. The molecule has 1 atom stereocenters. The van der Waals surface area contributed by atoms with Crippen LogP contribution in [0.3, 0.4) is 0 Å². The van der Waals surface area contributed by atoms with Crippen LogP contribution >= 0.6 is 24.8 Å². The van der Waals surface area contributed by atoms with Crippen LogP contribution < -0.4 is 0 Å². The van der Waals surface area contributed by atoms with Crippen LogP contribution in [0.1, 0.15) is 19.8 Å². The smallest absolute Gasteiger partial charge is 0.184 e. The van der Waals surface area contributed by atoms with E-state index in [4.69, 9.17) is 4.43 Å². The SMILES string of the molecule is CCC(O[Si](C)(C)C)(C1=[C-]CC=C1)[SiH](C)C.Cl.Cl.[Ti]. The minimum absolute atomic E-state index is 0. The molecular weight excluding hydrogens is 347 g/mol. The van der Waals surface area contributed by atoms with E-state index in [0.717, 1.165) is 12.8 Å². The topological polar surface area (TPSA) is 9.23 Å². The predicted octanol–water partition coefficient (Wildman–Crippen LogP) is 4.54. The van der Waals surface area contributed by atoms with Gasteiger partial charge in [0, 0.05) is 26.9 Å². The molecule has 0 saturated heterocycles. The Morgan fingerprint density at radius 2 is 1.84 bits per heavy atom. The van der Waals surface area contributed by atoms with E-state index in [1.54, 1.807) is 0 Å². The summed E-state index contributed by atoms with van der Waals surface area (Å²) in [6.07, 6.45) is 9.98. The van der Waals surface area contributed by atoms with Crippen LogP contribution in [0.15, 0.2) is 17.7 Å². The van der Waals surface area contributed by atoms with Gasteiger partial charge in [-0.05, 0) is 26.1 Å². The summed E-state index contributed by atoms with van der Waals surface area (Å²) in [7, 11) is -2.42. The number of allylic oxidation sites excluding steroid dienone is 2. The van der Waals surface area contributed by atoms with Gasteiger partial charge in [0.2, 0.25) is 0 Å². The summed E-state index contributed by atoms with van der Waals surface area (Å²) in [5, 5.41) is 0.0253. The van der Waals surface area contributed by atoms with Gasteiger partial charge in [0.1, 0.15) is 0 Å². The van der Waals surface area contributed by atoms with Crippen molar-refractivity contribution in [2.75, 3.05) is 0 Å². The van der Waals surface area contributed by atoms with E-state index in [0.29, 0.717) is 0 Å². The first-order valence-electron chi connectivity index (χ1n) is 6.30. The van der Waals surface area contributed by atoms with E-state index in [1.165, 1.54) is 5.57 Å². The molecular formula is C13H27Cl2OSi2Ti-.